The van der Waals surface area contributed by atoms with E-state index in [2.05, 4.69) is 10.6 Å². The highest BCUT2D eigenvalue weighted by molar-refractivity contribution is 5.85. The first-order chi connectivity index (χ1) is 25.1. The first-order valence-corrected chi connectivity index (χ1v) is 17.5. The van der Waals surface area contributed by atoms with Crippen molar-refractivity contribution in [2.75, 3.05) is 31.5 Å². The molecule has 1 saturated heterocycles. The molecule has 1 fully saturated rings. The summed E-state index contributed by atoms with van der Waals surface area (Å²) in [5, 5.41) is 13.4. The average Bonchev–Trinajstić information content (AvgIpc) is 3.58. The van der Waals surface area contributed by atoms with Crippen molar-refractivity contribution in [3.05, 3.63) is 82.4 Å². The third-order valence-electron chi connectivity index (χ3n) is 8.53. The molecule has 7 N–H and O–H groups in total. The zero-order chi connectivity index (χ0) is 38.6. The molecule has 1 atom stereocenters. The van der Waals surface area contributed by atoms with Crippen LogP contribution in [0, 0.1) is 5.41 Å². The lowest BCUT2D eigenvalue weighted by molar-refractivity contribution is -0.138. The zero-order valence-electron chi connectivity index (χ0n) is 29.2. The standard InChI is InChI=1S/C38H45F6N5O4/c39-37(40,41)27-16-25(18-30(50)7-2-1-3-9-35(46)47)36(53-33-10-13-48-23-33)26(17-27)19-31(51)14-24-6-4-8-32(15-24)52-34-21-28(38(42,43)44)20-29(22-34)49-12-5-11-45/h4,6,8,15-17,20-22,33,48-49H,1-3,5,7,9-14,18-19,23,45H2,(H3,46,47)/t33-/m1/s1. The second kappa shape index (κ2) is 18.9. The summed E-state index contributed by atoms with van der Waals surface area (Å²) in [6.07, 6.45) is -7.35. The Morgan fingerprint density at radius 1 is 0.830 bits per heavy atom. The number of benzene rings is 3. The number of carbonyl (C=O) groups is 2. The van der Waals surface area contributed by atoms with Gasteiger partial charge in [-0.15, -0.1) is 0 Å². The molecule has 1 heterocycles. The zero-order valence-corrected chi connectivity index (χ0v) is 29.2. The van der Waals surface area contributed by atoms with Gasteiger partial charge in [0.25, 0.3) is 0 Å². The first kappa shape index (κ1) is 41.1. The van der Waals surface area contributed by atoms with Crippen molar-refractivity contribution in [2.24, 2.45) is 11.5 Å². The van der Waals surface area contributed by atoms with Crippen LogP contribution in [0.1, 0.15) is 72.8 Å². The topological polar surface area (TPSA) is 153 Å². The number of Topliss-reactive ketones (excluding diaryl/α,β-unsaturated/α-hetero) is 2. The molecule has 0 radical (unpaired) electrons. The molecule has 4 rings (SSSR count). The van der Waals surface area contributed by atoms with Crippen LogP contribution in [0.15, 0.2) is 54.6 Å². The summed E-state index contributed by atoms with van der Waals surface area (Å²) in [6.45, 7) is 1.79. The van der Waals surface area contributed by atoms with Crippen LogP contribution < -0.4 is 31.6 Å². The molecular formula is C38H45F6N5O4. The maximum Gasteiger partial charge on any atom is 0.416 e. The molecule has 3 aromatic rings. The molecule has 0 unspecified atom stereocenters. The van der Waals surface area contributed by atoms with Gasteiger partial charge in [-0.2, -0.15) is 26.3 Å². The normalized spacial score (nSPS) is 14.6. The van der Waals surface area contributed by atoms with Gasteiger partial charge in [-0.25, -0.2) is 0 Å². The van der Waals surface area contributed by atoms with Gasteiger partial charge in [0, 0.05) is 68.1 Å². The molecule has 0 spiro atoms. The molecule has 1 aliphatic rings. The fraction of sp³-hybridized carbons (Fsp3) is 0.447. The molecule has 3 aromatic carbocycles. The summed E-state index contributed by atoms with van der Waals surface area (Å²) in [5.41, 5.74) is 9.61. The molecule has 15 heteroatoms. The molecule has 1 aliphatic heterocycles. The summed E-state index contributed by atoms with van der Waals surface area (Å²) in [4.78, 5) is 26.5. The predicted octanol–water partition coefficient (Wildman–Crippen LogP) is 7.37. The van der Waals surface area contributed by atoms with Crippen molar-refractivity contribution in [2.45, 2.75) is 82.7 Å². The first-order valence-electron chi connectivity index (χ1n) is 17.5. The predicted molar refractivity (Wildman–Crippen MR) is 190 cm³/mol. The molecule has 288 valence electrons. The number of hydrogen-bond acceptors (Lipinski definition) is 8. The number of nitrogens with one attached hydrogen (secondary N) is 3. The number of ether oxygens (including phenoxy) is 2. The van der Waals surface area contributed by atoms with Gasteiger partial charge in [-0.05, 0) is 80.7 Å². The number of ketones is 2. The van der Waals surface area contributed by atoms with Crippen molar-refractivity contribution in [3.63, 3.8) is 0 Å². The highest BCUT2D eigenvalue weighted by Gasteiger charge is 2.34. The van der Waals surface area contributed by atoms with E-state index in [0.717, 1.165) is 24.3 Å². The Bertz CT molecular complexity index is 1720. The van der Waals surface area contributed by atoms with Crippen molar-refractivity contribution in [1.29, 1.82) is 5.41 Å². The lowest BCUT2D eigenvalue weighted by Crippen LogP contribution is -2.22. The van der Waals surface area contributed by atoms with Crippen LogP contribution in [0.2, 0.25) is 0 Å². The third-order valence-corrected chi connectivity index (χ3v) is 8.53. The Hall–Kier alpha value is -4.63. The lowest BCUT2D eigenvalue weighted by Gasteiger charge is -2.22. The number of halogens is 6. The smallest absolute Gasteiger partial charge is 0.416 e. The van der Waals surface area contributed by atoms with Crippen LogP contribution in [0.4, 0.5) is 32.0 Å². The molecule has 0 saturated carbocycles. The summed E-state index contributed by atoms with van der Waals surface area (Å²) in [5.74, 6) is -0.547. The number of anilines is 1. The molecule has 0 aliphatic carbocycles. The van der Waals surface area contributed by atoms with Crippen LogP contribution in [0.3, 0.4) is 0 Å². The summed E-state index contributed by atoms with van der Waals surface area (Å²) in [7, 11) is 0. The van der Waals surface area contributed by atoms with Crippen molar-refractivity contribution in [1.82, 2.24) is 5.32 Å². The van der Waals surface area contributed by atoms with E-state index in [4.69, 9.17) is 26.4 Å². The van der Waals surface area contributed by atoms with Gasteiger partial charge in [0.2, 0.25) is 0 Å². The summed E-state index contributed by atoms with van der Waals surface area (Å²) >= 11 is 0. The Balaban J connectivity index is 1.55. The minimum atomic E-state index is -4.76. The monoisotopic (exact) mass is 749 g/mol. The maximum absolute atomic E-state index is 14.1. The van der Waals surface area contributed by atoms with Crippen molar-refractivity contribution < 1.29 is 45.4 Å². The van der Waals surface area contributed by atoms with E-state index in [0.29, 0.717) is 70.3 Å². The highest BCUT2D eigenvalue weighted by atomic mass is 19.4. The number of rotatable bonds is 20. The SMILES string of the molecule is N=C(N)CCCCCC(=O)Cc1cc(C(F)(F)F)cc(CC(=O)Cc2cccc(Oc3cc(NCCCN)cc(C(F)(F)F)c3)c2)c1O[C@@H]1CCNC1. The van der Waals surface area contributed by atoms with E-state index in [-0.39, 0.29) is 71.0 Å². The number of amidine groups is 1. The van der Waals surface area contributed by atoms with Crippen LogP contribution in [-0.4, -0.2) is 49.7 Å². The van der Waals surface area contributed by atoms with Gasteiger partial charge in [0.1, 0.15) is 34.9 Å². The Morgan fingerprint density at radius 2 is 1.51 bits per heavy atom. The van der Waals surface area contributed by atoms with Crippen LogP contribution in [0.25, 0.3) is 0 Å². The van der Waals surface area contributed by atoms with Gasteiger partial charge in [-0.1, -0.05) is 18.6 Å². The molecule has 0 aromatic heterocycles. The van der Waals surface area contributed by atoms with E-state index in [1.807, 2.05) is 0 Å². The second-order valence-electron chi connectivity index (χ2n) is 13.1. The van der Waals surface area contributed by atoms with Crippen LogP contribution >= 0.6 is 0 Å². The van der Waals surface area contributed by atoms with Crippen molar-refractivity contribution in [3.8, 4) is 17.2 Å². The average molecular weight is 750 g/mol. The van der Waals surface area contributed by atoms with Crippen molar-refractivity contribution >= 4 is 23.1 Å². The second-order valence-corrected chi connectivity index (χ2v) is 13.1. The van der Waals surface area contributed by atoms with Gasteiger partial charge < -0.3 is 31.6 Å². The van der Waals surface area contributed by atoms with Gasteiger partial charge in [0.05, 0.1) is 17.0 Å². The fourth-order valence-electron chi connectivity index (χ4n) is 5.96. The lowest BCUT2D eigenvalue weighted by atomic mass is 9.94. The Labute approximate surface area is 304 Å². The fourth-order valence-corrected chi connectivity index (χ4v) is 5.96. The van der Waals surface area contributed by atoms with Crippen LogP contribution in [-0.2, 0) is 41.2 Å². The Kier molecular flexibility index (Phi) is 14.7. The number of hydrogen-bond donors (Lipinski definition) is 5. The van der Waals surface area contributed by atoms with E-state index < -0.39 is 35.7 Å². The van der Waals surface area contributed by atoms with Gasteiger partial charge in [0.15, 0.2) is 0 Å². The number of carbonyl (C=O) groups excluding carboxylic acids is 2. The molecular weight excluding hydrogens is 704 g/mol. The molecule has 53 heavy (non-hydrogen) atoms. The van der Waals surface area contributed by atoms with E-state index in [1.54, 1.807) is 12.1 Å². The minimum absolute atomic E-state index is 0.00650. The number of nitrogens with two attached hydrogens (primary N) is 2. The Morgan fingerprint density at radius 3 is 2.15 bits per heavy atom. The molecule has 0 bridgehead atoms. The van der Waals surface area contributed by atoms with E-state index in [1.165, 1.54) is 18.2 Å². The maximum atomic E-state index is 14.1. The van der Waals surface area contributed by atoms with Gasteiger partial charge >= 0.3 is 12.4 Å². The number of unbranched alkanes of at least 4 members (excludes halogenated alkanes) is 2. The third kappa shape index (κ3) is 13.4. The quantitative estimate of drug-likeness (QED) is 0.0348. The minimum Gasteiger partial charge on any atom is -0.488 e. The largest absolute Gasteiger partial charge is 0.488 e. The van der Waals surface area contributed by atoms with E-state index >= 15 is 0 Å². The summed E-state index contributed by atoms with van der Waals surface area (Å²) in [6, 6.07) is 11.2. The summed E-state index contributed by atoms with van der Waals surface area (Å²) < 4.78 is 95.3. The highest BCUT2D eigenvalue weighted by Crippen LogP contribution is 2.38. The van der Waals surface area contributed by atoms with E-state index in [9.17, 15) is 35.9 Å². The molecule has 9 nitrogen and oxygen atoms in total. The molecule has 0 amide bonds. The van der Waals surface area contributed by atoms with Gasteiger partial charge in [-0.3, -0.25) is 15.0 Å². The van der Waals surface area contributed by atoms with Crippen LogP contribution in [0.5, 0.6) is 17.2 Å². The number of alkyl halides is 6.